The molecule has 0 fully saturated rings. The van der Waals surface area contributed by atoms with Crippen molar-refractivity contribution in [3.05, 3.63) is 5.75 Å². The average Bonchev–Trinajstić information content (AvgIpc) is 1.35. The van der Waals surface area contributed by atoms with Crippen LogP contribution in [0.2, 0.25) is 0 Å². The van der Waals surface area contributed by atoms with Crippen molar-refractivity contribution >= 4 is 17.5 Å². The van der Waals surface area contributed by atoms with Crippen LogP contribution in [-0.4, -0.2) is 12.0 Å². The number of Topliss-reactive ketones (excluding diaryl/α,β-unsaturated/α-hetero) is 1. The molecule has 0 heterocycles. The lowest BCUT2D eigenvalue weighted by atomic mass is 10.5. The monoisotopic (exact) mass is 103 g/mol. The quantitative estimate of drug-likeness (QED) is 0.520. The van der Waals surface area contributed by atoms with Crippen molar-refractivity contribution in [3.8, 4) is 0 Å². The van der Waals surface area contributed by atoms with E-state index in [4.69, 9.17) is 0 Å². The van der Waals surface area contributed by atoms with E-state index in [1.54, 1.807) is 5.75 Å². The van der Waals surface area contributed by atoms with Gasteiger partial charge in [-0.2, -0.15) is 11.8 Å². The highest BCUT2D eigenvalue weighted by atomic mass is 32.2. The van der Waals surface area contributed by atoms with Crippen LogP contribution < -0.4 is 0 Å². The molecule has 0 N–H and O–H groups in total. The van der Waals surface area contributed by atoms with Crippen molar-refractivity contribution in [2.24, 2.45) is 0 Å². The highest BCUT2D eigenvalue weighted by Crippen LogP contribution is 1.96. The van der Waals surface area contributed by atoms with E-state index in [0.717, 1.165) is 0 Å². The molecule has 2 heteroatoms. The zero-order valence-electron chi connectivity index (χ0n) is 3.89. The minimum absolute atomic E-state index is 0.127. The van der Waals surface area contributed by atoms with Crippen molar-refractivity contribution in [1.82, 2.24) is 0 Å². The Morgan fingerprint density at radius 2 is 2.33 bits per heavy atom. The molecule has 0 saturated heterocycles. The second kappa shape index (κ2) is 3.22. The summed E-state index contributed by atoms with van der Waals surface area (Å²) in [6, 6.07) is 0. The Morgan fingerprint density at radius 3 is 2.33 bits per heavy atom. The van der Waals surface area contributed by atoms with Gasteiger partial charge in [0.25, 0.3) is 0 Å². The van der Waals surface area contributed by atoms with Crippen LogP contribution in [-0.2, 0) is 4.79 Å². The summed E-state index contributed by atoms with van der Waals surface area (Å²) >= 11 is 1.44. The minimum Gasteiger partial charge on any atom is -0.299 e. The van der Waals surface area contributed by atoms with Gasteiger partial charge in [0, 0.05) is 0 Å². The Kier molecular flexibility index (Phi) is 3.23. The molecule has 1 radical (unpaired) electrons. The van der Waals surface area contributed by atoms with Crippen LogP contribution in [0.5, 0.6) is 0 Å². The van der Waals surface area contributed by atoms with Gasteiger partial charge in [0.05, 0.1) is 5.75 Å². The normalized spacial score (nSPS) is 8.33. The number of carbonyl (C=O) groups is 1. The van der Waals surface area contributed by atoms with E-state index in [2.05, 4.69) is 0 Å². The van der Waals surface area contributed by atoms with Crippen molar-refractivity contribution in [1.29, 1.82) is 0 Å². The fourth-order valence-electron chi connectivity index (χ4n) is 0.166. The van der Waals surface area contributed by atoms with Crippen LogP contribution in [0.1, 0.15) is 6.92 Å². The van der Waals surface area contributed by atoms with Gasteiger partial charge >= 0.3 is 0 Å². The molecule has 0 aliphatic heterocycles. The lowest BCUT2D eigenvalue weighted by Gasteiger charge is -1.80. The molecule has 0 unspecified atom stereocenters. The summed E-state index contributed by atoms with van der Waals surface area (Å²) < 4.78 is 0. The first-order chi connectivity index (χ1) is 2.77. The molecule has 0 aromatic rings. The summed E-state index contributed by atoms with van der Waals surface area (Å²) in [5, 5.41) is 0. The lowest BCUT2D eigenvalue weighted by molar-refractivity contribution is -0.113. The van der Waals surface area contributed by atoms with Gasteiger partial charge in [0.1, 0.15) is 5.78 Å². The predicted octanol–water partition coefficient (Wildman–Crippen LogP) is 1.10. The third-order valence-corrected chi connectivity index (χ3v) is 0.851. The highest BCUT2D eigenvalue weighted by Gasteiger charge is 1.85. The summed E-state index contributed by atoms with van der Waals surface area (Å²) in [4.78, 5) is 9.97. The van der Waals surface area contributed by atoms with E-state index in [1.165, 1.54) is 18.7 Å². The van der Waals surface area contributed by atoms with Gasteiger partial charge < -0.3 is 0 Å². The molecule has 0 rings (SSSR count). The summed E-state index contributed by atoms with van der Waals surface area (Å²) in [5.74, 6) is 1.70. The van der Waals surface area contributed by atoms with Gasteiger partial charge in [-0.1, -0.05) is 0 Å². The molecule has 0 aliphatic rings. The minimum atomic E-state index is 0.127. The molecule has 1 nitrogen and oxygen atoms in total. The number of carbonyl (C=O) groups excluding carboxylic acids is 1. The average molecular weight is 103 g/mol. The van der Waals surface area contributed by atoms with E-state index >= 15 is 0 Å². The Morgan fingerprint density at radius 1 is 1.83 bits per heavy atom. The second-order valence-electron chi connectivity index (χ2n) is 0.964. The zero-order chi connectivity index (χ0) is 4.99. The maximum atomic E-state index is 9.97. The van der Waals surface area contributed by atoms with E-state index in [0.29, 0.717) is 0 Å². The standard InChI is InChI=1S/C4H7OS/c1-4(5)3-6-2/h3H,1-2H3. The molecule has 35 valence electrons. The maximum Gasteiger partial charge on any atom is 0.144 e. The number of hydrogen-bond acceptors (Lipinski definition) is 2. The van der Waals surface area contributed by atoms with E-state index in [-0.39, 0.29) is 5.78 Å². The Hall–Kier alpha value is 0.0200. The first-order valence-corrected chi connectivity index (χ1v) is 2.92. The second-order valence-corrected chi connectivity index (χ2v) is 1.67. The number of ketones is 1. The molecule has 0 bridgehead atoms. The maximum absolute atomic E-state index is 9.97. The lowest BCUT2D eigenvalue weighted by Crippen LogP contribution is -1.82. The molecule has 6 heavy (non-hydrogen) atoms. The summed E-state index contributed by atoms with van der Waals surface area (Å²) in [5.41, 5.74) is 0. The van der Waals surface area contributed by atoms with Crippen molar-refractivity contribution in [2.45, 2.75) is 6.92 Å². The van der Waals surface area contributed by atoms with Crippen LogP contribution in [0.25, 0.3) is 0 Å². The van der Waals surface area contributed by atoms with Gasteiger partial charge in [0.2, 0.25) is 0 Å². The Balaban J connectivity index is 2.83. The third-order valence-electron chi connectivity index (χ3n) is 0.284. The fourth-order valence-corrected chi connectivity index (χ4v) is 0.498. The summed E-state index contributed by atoms with van der Waals surface area (Å²) in [7, 11) is 0. The molecular formula is C4H7OS. The van der Waals surface area contributed by atoms with Gasteiger partial charge in [-0.15, -0.1) is 0 Å². The van der Waals surface area contributed by atoms with Crippen LogP contribution in [0.3, 0.4) is 0 Å². The van der Waals surface area contributed by atoms with Crippen LogP contribution >= 0.6 is 11.8 Å². The van der Waals surface area contributed by atoms with Crippen LogP contribution in [0.4, 0.5) is 0 Å². The molecule has 0 spiro atoms. The fraction of sp³-hybridized carbons (Fsp3) is 0.500. The number of hydrogen-bond donors (Lipinski definition) is 0. The Bertz CT molecular complexity index is 51.5. The zero-order valence-corrected chi connectivity index (χ0v) is 4.71. The third kappa shape index (κ3) is 4.02. The van der Waals surface area contributed by atoms with Crippen molar-refractivity contribution in [3.63, 3.8) is 0 Å². The molecule has 0 aromatic heterocycles. The van der Waals surface area contributed by atoms with Crippen LogP contribution in [0.15, 0.2) is 0 Å². The van der Waals surface area contributed by atoms with Gasteiger partial charge in [-0.05, 0) is 13.2 Å². The first kappa shape index (κ1) is 6.02. The molecule has 0 aromatic carbocycles. The summed E-state index contributed by atoms with van der Waals surface area (Å²) in [6.07, 6.45) is 1.86. The SMILES string of the molecule is CS[CH]C(C)=O. The molecule has 0 atom stereocenters. The molecule has 0 aliphatic carbocycles. The van der Waals surface area contributed by atoms with Crippen molar-refractivity contribution < 1.29 is 4.79 Å². The molecular weight excluding hydrogens is 96.1 g/mol. The highest BCUT2D eigenvalue weighted by molar-refractivity contribution is 8.01. The molecule has 0 saturated carbocycles. The number of rotatable bonds is 2. The van der Waals surface area contributed by atoms with Gasteiger partial charge in [-0.25, -0.2) is 0 Å². The van der Waals surface area contributed by atoms with E-state index in [9.17, 15) is 4.79 Å². The Labute approximate surface area is 42.1 Å². The summed E-state index contributed by atoms with van der Waals surface area (Å²) in [6.45, 7) is 1.54. The largest absolute Gasteiger partial charge is 0.299 e. The first-order valence-electron chi connectivity index (χ1n) is 1.64. The smallest absolute Gasteiger partial charge is 0.144 e. The van der Waals surface area contributed by atoms with Gasteiger partial charge in [0.15, 0.2) is 0 Å². The topological polar surface area (TPSA) is 17.1 Å². The van der Waals surface area contributed by atoms with Crippen molar-refractivity contribution in [2.75, 3.05) is 6.26 Å². The van der Waals surface area contributed by atoms with Crippen LogP contribution in [0, 0.1) is 5.75 Å². The van der Waals surface area contributed by atoms with E-state index < -0.39 is 0 Å². The van der Waals surface area contributed by atoms with Gasteiger partial charge in [-0.3, -0.25) is 4.79 Å². The molecule has 0 amide bonds. The predicted molar refractivity (Wildman–Crippen MR) is 28.5 cm³/mol. The van der Waals surface area contributed by atoms with E-state index in [1.807, 2.05) is 6.26 Å². The number of thioether (sulfide) groups is 1.